The molecule has 0 aliphatic heterocycles. The molecule has 3 aromatic carbocycles. The zero-order chi connectivity index (χ0) is 23.4. The number of nitro groups is 2. The molecule has 32 heavy (non-hydrogen) atoms. The number of nitrogens with one attached hydrogen (secondary N) is 2. The summed E-state index contributed by atoms with van der Waals surface area (Å²) >= 11 is 11.7. The van der Waals surface area contributed by atoms with Gasteiger partial charge in [0.2, 0.25) is 0 Å². The summed E-state index contributed by atoms with van der Waals surface area (Å²) in [5.41, 5.74) is -1.27. The van der Waals surface area contributed by atoms with Crippen molar-refractivity contribution in [3.8, 4) is 0 Å². The van der Waals surface area contributed by atoms with Crippen LogP contribution in [0.4, 0.5) is 22.7 Å². The Morgan fingerprint density at radius 1 is 0.688 bits per heavy atom. The number of amides is 2. The molecule has 0 aliphatic carbocycles. The van der Waals surface area contributed by atoms with Gasteiger partial charge in [-0.15, -0.1) is 0 Å². The number of rotatable bonds is 6. The van der Waals surface area contributed by atoms with E-state index in [1.54, 1.807) is 12.1 Å². The van der Waals surface area contributed by atoms with Crippen LogP contribution in [0, 0.1) is 20.2 Å². The van der Waals surface area contributed by atoms with E-state index >= 15 is 0 Å². The summed E-state index contributed by atoms with van der Waals surface area (Å²) in [4.78, 5) is 46.4. The number of hydrogen-bond donors (Lipinski definition) is 2. The Bertz CT molecular complexity index is 1170. The lowest BCUT2D eigenvalue weighted by Crippen LogP contribution is -2.18. The van der Waals surface area contributed by atoms with E-state index in [1.807, 2.05) is 0 Å². The Morgan fingerprint density at radius 2 is 1.06 bits per heavy atom. The molecule has 2 N–H and O–H groups in total. The number of benzene rings is 3. The zero-order valence-electron chi connectivity index (χ0n) is 15.9. The van der Waals surface area contributed by atoms with Crippen molar-refractivity contribution in [3.63, 3.8) is 0 Å². The second kappa shape index (κ2) is 9.41. The van der Waals surface area contributed by atoms with Crippen LogP contribution in [0.15, 0.2) is 60.7 Å². The molecule has 0 radical (unpaired) electrons. The van der Waals surface area contributed by atoms with Gasteiger partial charge >= 0.3 is 0 Å². The van der Waals surface area contributed by atoms with Crippen molar-refractivity contribution in [2.45, 2.75) is 0 Å². The standard InChI is InChI=1S/C20H12Cl2N4O6/c21-11-5-7-17(25(29)30)13(9-11)19(27)23-15-3-1-2-4-16(15)24-20(28)14-10-12(22)6-8-18(14)26(31)32/h1-10H,(H,23,27)(H,24,28). The second-order valence-electron chi connectivity index (χ2n) is 6.29. The first-order valence-electron chi connectivity index (χ1n) is 8.77. The van der Waals surface area contributed by atoms with Crippen molar-refractivity contribution in [3.05, 3.63) is 102 Å². The molecule has 0 atom stereocenters. The lowest BCUT2D eigenvalue weighted by molar-refractivity contribution is -0.385. The smallest absolute Gasteiger partial charge is 0.282 e. The fourth-order valence-electron chi connectivity index (χ4n) is 2.78. The van der Waals surface area contributed by atoms with Gasteiger partial charge in [-0.2, -0.15) is 0 Å². The van der Waals surface area contributed by atoms with Gasteiger partial charge in [-0.25, -0.2) is 0 Å². The van der Waals surface area contributed by atoms with Gasteiger partial charge in [0.15, 0.2) is 0 Å². The molecular formula is C20H12Cl2N4O6. The zero-order valence-corrected chi connectivity index (χ0v) is 17.4. The van der Waals surface area contributed by atoms with E-state index in [0.29, 0.717) is 0 Å². The van der Waals surface area contributed by atoms with Crippen LogP contribution in [0.1, 0.15) is 20.7 Å². The van der Waals surface area contributed by atoms with Crippen LogP contribution in [-0.2, 0) is 0 Å². The number of anilines is 2. The highest BCUT2D eigenvalue weighted by Crippen LogP contribution is 2.28. The van der Waals surface area contributed by atoms with Crippen LogP contribution in [0.3, 0.4) is 0 Å². The van der Waals surface area contributed by atoms with Gasteiger partial charge in [-0.05, 0) is 36.4 Å². The predicted octanol–water partition coefficient (Wildman–Crippen LogP) is 5.31. The summed E-state index contributed by atoms with van der Waals surface area (Å²) in [5, 5.41) is 27.7. The number of para-hydroxylation sites is 2. The molecule has 0 saturated heterocycles. The maximum absolute atomic E-state index is 12.7. The van der Waals surface area contributed by atoms with Crippen LogP contribution >= 0.6 is 23.2 Å². The van der Waals surface area contributed by atoms with Crippen LogP contribution in [-0.4, -0.2) is 21.7 Å². The Kier molecular flexibility index (Phi) is 6.67. The highest BCUT2D eigenvalue weighted by Gasteiger charge is 2.23. The van der Waals surface area contributed by atoms with Crippen LogP contribution in [0.5, 0.6) is 0 Å². The third-order valence-electron chi connectivity index (χ3n) is 4.22. The molecule has 3 rings (SSSR count). The van der Waals surface area contributed by atoms with Gasteiger partial charge in [0.25, 0.3) is 23.2 Å². The summed E-state index contributed by atoms with van der Waals surface area (Å²) in [6.45, 7) is 0. The van der Waals surface area contributed by atoms with Crippen molar-refractivity contribution in [1.29, 1.82) is 0 Å². The number of carbonyl (C=O) groups excluding carboxylic acids is 2. The molecule has 0 saturated carbocycles. The fraction of sp³-hybridized carbons (Fsp3) is 0. The minimum absolute atomic E-state index is 0.102. The van der Waals surface area contributed by atoms with Crippen molar-refractivity contribution < 1.29 is 19.4 Å². The first-order valence-corrected chi connectivity index (χ1v) is 9.52. The van der Waals surface area contributed by atoms with E-state index < -0.39 is 33.0 Å². The molecule has 10 nitrogen and oxygen atoms in total. The number of carbonyl (C=O) groups is 2. The van der Waals surface area contributed by atoms with E-state index in [0.717, 1.165) is 24.3 Å². The summed E-state index contributed by atoms with van der Waals surface area (Å²) in [7, 11) is 0. The maximum Gasteiger partial charge on any atom is 0.282 e. The molecule has 162 valence electrons. The highest BCUT2D eigenvalue weighted by atomic mass is 35.5. The Morgan fingerprint density at radius 3 is 1.41 bits per heavy atom. The molecule has 0 aliphatic rings. The van der Waals surface area contributed by atoms with Crippen molar-refractivity contribution in [2.24, 2.45) is 0 Å². The van der Waals surface area contributed by atoms with E-state index in [9.17, 15) is 29.8 Å². The van der Waals surface area contributed by atoms with E-state index in [2.05, 4.69) is 10.6 Å². The lowest BCUT2D eigenvalue weighted by atomic mass is 10.1. The predicted molar refractivity (Wildman–Crippen MR) is 119 cm³/mol. The molecule has 0 aromatic heterocycles. The molecular weight excluding hydrogens is 463 g/mol. The molecule has 0 fully saturated rings. The molecule has 0 bridgehead atoms. The average molecular weight is 475 g/mol. The molecule has 0 spiro atoms. The molecule has 0 unspecified atom stereocenters. The topological polar surface area (TPSA) is 144 Å². The second-order valence-corrected chi connectivity index (χ2v) is 7.16. The minimum atomic E-state index is -0.838. The normalized spacial score (nSPS) is 10.3. The van der Waals surface area contributed by atoms with Gasteiger partial charge in [0.05, 0.1) is 21.2 Å². The van der Waals surface area contributed by atoms with Crippen molar-refractivity contribution in [2.75, 3.05) is 10.6 Å². The quantitative estimate of drug-likeness (QED) is 0.365. The highest BCUT2D eigenvalue weighted by molar-refractivity contribution is 6.31. The van der Waals surface area contributed by atoms with Crippen molar-refractivity contribution >= 4 is 57.8 Å². The van der Waals surface area contributed by atoms with Gasteiger partial charge in [-0.3, -0.25) is 29.8 Å². The largest absolute Gasteiger partial charge is 0.320 e. The molecule has 12 heteroatoms. The van der Waals surface area contributed by atoms with E-state index in [-0.39, 0.29) is 32.5 Å². The summed E-state index contributed by atoms with van der Waals surface area (Å²) < 4.78 is 0. The molecule has 2 amide bonds. The Balaban J connectivity index is 1.91. The third kappa shape index (κ3) is 4.99. The summed E-state index contributed by atoms with van der Waals surface area (Å²) in [6.07, 6.45) is 0. The van der Waals surface area contributed by atoms with Gasteiger partial charge in [-0.1, -0.05) is 35.3 Å². The molecule has 3 aromatic rings. The Labute approximate surface area is 190 Å². The maximum atomic E-state index is 12.7. The van der Waals surface area contributed by atoms with Gasteiger partial charge in [0.1, 0.15) is 11.1 Å². The first-order chi connectivity index (χ1) is 15.2. The third-order valence-corrected chi connectivity index (χ3v) is 4.69. The minimum Gasteiger partial charge on any atom is -0.320 e. The first kappa shape index (κ1) is 22.7. The molecule has 0 heterocycles. The number of halogens is 2. The number of hydrogen-bond acceptors (Lipinski definition) is 6. The van der Waals surface area contributed by atoms with Crippen LogP contribution < -0.4 is 10.6 Å². The van der Waals surface area contributed by atoms with Crippen LogP contribution in [0.25, 0.3) is 0 Å². The monoisotopic (exact) mass is 474 g/mol. The lowest BCUT2D eigenvalue weighted by Gasteiger charge is -2.13. The Hall–Kier alpha value is -4.02. The average Bonchev–Trinajstić information content (AvgIpc) is 2.74. The van der Waals surface area contributed by atoms with E-state index in [4.69, 9.17) is 23.2 Å². The van der Waals surface area contributed by atoms with Gasteiger partial charge in [0, 0.05) is 22.2 Å². The summed E-state index contributed by atoms with van der Waals surface area (Å²) in [6, 6.07) is 13.0. The van der Waals surface area contributed by atoms with Crippen LogP contribution in [0.2, 0.25) is 10.0 Å². The SMILES string of the molecule is O=C(Nc1ccccc1NC(=O)c1cc(Cl)ccc1[N+](=O)[O-])c1cc(Cl)ccc1[N+](=O)[O-]. The van der Waals surface area contributed by atoms with Crippen molar-refractivity contribution in [1.82, 2.24) is 0 Å². The summed E-state index contributed by atoms with van der Waals surface area (Å²) in [5.74, 6) is -1.68. The van der Waals surface area contributed by atoms with Gasteiger partial charge < -0.3 is 10.6 Å². The number of nitro benzene ring substituents is 2. The number of nitrogens with zero attached hydrogens (tertiary/aromatic N) is 2. The van der Waals surface area contributed by atoms with E-state index in [1.165, 1.54) is 24.3 Å². The fourth-order valence-corrected chi connectivity index (χ4v) is 3.12.